The van der Waals surface area contributed by atoms with Gasteiger partial charge in [-0.1, -0.05) is 65.8 Å². The van der Waals surface area contributed by atoms with Crippen molar-refractivity contribution in [2.24, 2.45) is 10.8 Å². The summed E-state index contributed by atoms with van der Waals surface area (Å²) in [5, 5.41) is 3.72. The Labute approximate surface area is 184 Å². The van der Waals surface area contributed by atoms with Crippen molar-refractivity contribution in [1.29, 1.82) is 0 Å². The van der Waals surface area contributed by atoms with E-state index in [4.69, 9.17) is 9.97 Å². The molecule has 0 fully saturated rings. The Morgan fingerprint density at radius 3 is 2.03 bits per heavy atom. The summed E-state index contributed by atoms with van der Waals surface area (Å²) in [5.74, 6) is 0. The van der Waals surface area contributed by atoms with Crippen molar-refractivity contribution >= 4 is 38.5 Å². The molecule has 0 aliphatic carbocycles. The molecule has 3 heterocycles. The second-order valence-corrected chi connectivity index (χ2v) is 11.3. The molecule has 0 aliphatic heterocycles. The van der Waals surface area contributed by atoms with Crippen LogP contribution in [0.5, 0.6) is 0 Å². The van der Waals surface area contributed by atoms with Gasteiger partial charge in [-0.3, -0.25) is 4.40 Å². The van der Waals surface area contributed by atoms with Gasteiger partial charge in [-0.15, -0.1) is 0 Å². The molecule has 31 heavy (non-hydrogen) atoms. The molecule has 0 spiro atoms. The molecule has 0 aliphatic rings. The Balaban J connectivity index is 1.97. The van der Waals surface area contributed by atoms with Gasteiger partial charge in [-0.2, -0.15) is 0 Å². The fourth-order valence-corrected chi connectivity index (χ4v) is 4.78. The maximum atomic E-state index is 4.98. The highest BCUT2D eigenvalue weighted by Gasteiger charge is 2.21. The van der Waals surface area contributed by atoms with Crippen LogP contribution < -0.4 is 0 Å². The van der Waals surface area contributed by atoms with E-state index >= 15 is 0 Å². The van der Waals surface area contributed by atoms with Crippen LogP contribution in [0.25, 0.3) is 38.5 Å². The number of hydrogen-bond acceptors (Lipinski definition) is 2. The molecule has 0 saturated carbocycles. The third-order valence-electron chi connectivity index (χ3n) is 5.87. The van der Waals surface area contributed by atoms with Crippen LogP contribution in [-0.4, -0.2) is 14.4 Å². The van der Waals surface area contributed by atoms with Gasteiger partial charge in [0.2, 0.25) is 0 Å². The molecule has 3 nitrogen and oxygen atoms in total. The van der Waals surface area contributed by atoms with Gasteiger partial charge in [0.05, 0.1) is 5.52 Å². The summed E-state index contributed by atoms with van der Waals surface area (Å²) >= 11 is 0. The van der Waals surface area contributed by atoms with Crippen molar-refractivity contribution in [2.75, 3.05) is 0 Å². The molecule has 158 valence electrons. The average Bonchev–Trinajstić information content (AvgIpc) is 3.07. The second kappa shape index (κ2) is 6.78. The standard InChI is InChI=1S/C28H31N3/c1-27(2,3)16-18-14-22-20-10-7-8-11-21(20)25-30-23-12-9-13-29-26(23)31(25)24(22)15-19(18)17-28(4,5)6/h7-15H,16-17H2,1-6H3. The van der Waals surface area contributed by atoms with Crippen molar-refractivity contribution in [1.82, 2.24) is 14.4 Å². The predicted octanol–water partition coefficient (Wildman–Crippen LogP) is 7.37. The van der Waals surface area contributed by atoms with Crippen molar-refractivity contribution in [3.05, 3.63) is 65.9 Å². The molecule has 2 aromatic carbocycles. The van der Waals surface area contributed by atoms with E-state index in [0.29, 0.717) is 0 Å². The number of pyridine rings is 2. The molecule has 0 saturated heterocycles. The minimum Gasteiger partial charge on any atom is -0.276 e. The summed E-state index contributed by atoms with van der Waals surface area (Å²) < 4.78 is 2.26. The molecule has 0 bridgehead atoms. The van der Waals surface area contributed by atoms with Crippen LogP contribution in [0.4, 0.5) is 0 Å². The predicted molar refractivity (Wildman–Crippen MR) is 132 cm³/mol. The van der Waals surface area contributed by atoms with Crippen molar-refractivity contribution in [3.8, 4) is 0 Å². The molecule has 5 aromatic rings. The van der Waals surface area contributed by atoms with Crippen LogP contribution in [0.15, 0.2) is 54.7 Å². The number of nitrogens with zero attached hydrogens (tertiary/aromatic N) is 3. The molecule has 0 N–H and O–H groups in total. The van der Waals surface area contributed by atoms with E-state index in [2.05, 4.69) is 88.4 Å². The highest BCUT2D eigenvalue weighted by molar-refractivity contribution is 6.13. The second-order valence-electron chi connectivity index (χ2n) is 11.3. The Hall–Kier alpha value is -2.94. The highest BCUT2D eigenvalue weighted by atomic mass is 15.1. The molecule has 3 heteroatoms. The van der Waals surface area contributed by atoms with Gasteiger partial charge < -0.3 is 0 Å². The fourth-order valence-electron chi connectivity index (χ4n) is 4.78. The van der Waals surface area contributed by atoms with Gasteiger partial charge in [-0.05, 0) is 64.5 Å². The van der Waals surface area contributed by atoms with E-state index in [9.17, 15) is 0 Å². The van der Waals surface area contributed by atoms with Crippen molar-refractivity contribution in [2.45, 2.75) is 54.4 Å². The molecule has 0 amide bonds. The number of fused-ring (bicyclic) bond motifs is 8. The van der Waals surface area contributed by atoms with Crippen molar-refractivity contribution in [3.63, 3.8) is 0 Å². The minimum absolute atomic E-state index is 0.214. The Morgan fingerprint density at radius 2 is 1.35 bits per heavy atom. The summed E-state index contributed by atoms with van der Waals surface area (Å²) in [6, 6.07) is 17.5. The number of imidazole rings is 1. The number of benzene rings is 2. The number of rotatable bonds is 2. The zero-order chi connectivity index (χ0) is 22.0. The topological polar surface area (TPSA) is 30.2 Å². The molecule has 5 rings (SSSR count). The Bertz CT molecular complexity index is 1440. The fraction of sp³-hybridized carbons (Fsp3) is 0.357. The lowest BCUT2D eigenvalue weighted by Gasteiger charge is -2.25. The molecule has 3 aromatic heterocycles. The lowest BCUT2D eigenvalue weighted by atomic mass is 9.80. The largest absolute Gasteiger partial charge is 0.276 e. The van der Waals surface area contributed by atoms with Gasteiger partial charge >= 0.3 is 0 Å². The summed E-state index contributed by atoms with van der Waals surface area (Å²) in [4.78, 5) is 9.69. The first-order valence-electron chi connectivity index (χ1n) is 11.2. The zero-order valence-corrected chi connectivity index (χ0v) is 19.5. The van der Waals surface area contributed by atoms with Crippen LogP contribution in [0.2, 0.25) is 0 Å². The first-order valence-corrected chi connectivity index (χ1v) is 11.2. The smallest absolute Gasteiger partial charge is 0.164 e. The van der Waals surface area contributed by atoms with Gasteiger partial charge in [-0.25, -0.2) is 9.97 Å². The zero-order valence-electron chi connectivity index (χ0n) is 19.5. The maximum absolute atomic E-state index is 4.98. The number of aromatic nitrogens is 3. The third kappa shape index (κ3) is 3.56. The normalized spacial score (nSPS) is 13.1. The minimum atomic E-state index is 0.214. The van der Waals surface area contributed by atoms with Gasteiger partial charge in [0, 0.05) is 17.0 Å². The van der Waals surface area contributed by atoms with Gasteiger partial charge in [0.25, 0.3) is 0 Å². The number of hydrogen-bond donors (Lipinski definition) is 0. The van der Waals surface area contributed by atoms with E-state index in [1.807, 2.05) is 12.3 Å². The van der Waals surface area contributed by atoms with Crippen LogP contribution in [0.1, 0.15) is 52.7 Å². The first kappa shape index (κ1) is 20.0. The van der Waals surface area contributed by atoms with E-state index in [1.165, 1.54) is 32.8 Å². The Morgan fingerprint density at radius 1 is 0.710 bits per heavy atom. The Kier molecular flexibility index (Phi) is 4.37. The SMILES string of the molecule is CC(C)(C)Cc1cc2c3ccccc3c3nc4cccnc4n3c2cc1CC(C)(C)C. The van der Waals surface area contributed by atoms with Crippen LogP contribution in [0, 0.1) is 10.8 Å². The monoisotopic (exact) mass is 409 g/mol. The summed E-state index contributed by atoms with van der Waals surface area (Å²) in [7, 11) is 0. The lowest BCUT2D eigenvalue weighted by Crippen LogP contribution is -2.15. The quantitative estimate of drug-likeness (QED) is 0.285. The van der Waals surface area contributed by atoms with Crippen LogP contribution in [0.3, 0.4) is 0 Å². The van der Waals surface area contributed by atoms with Crippen molar-refractivity contribution < 1.29 is 0 Å². The first-order chi connectivity index (χ1) is 14.6. The van der Waals surface area contributed by atoms with E-state index in [0.717, 1.165) is 29.7 Å². The molecule has 0 atom stereocenters. The van der Waals surface area contributed by atoms with Crippen LogP contribution in [-0.2, 0) is 12.8 Å². The molecular weight excluding hydrogens is 378 g/mol. The summed E-state index contributed by atoms with van der Waals surface area (Å²) in [6.07, 6.45) is 3.97. The maximum Gasteiger partial charge on any atom is 0.164 e. The molecule has 0 radical (unpaired) electrons. The summed E-state index contributed by atoms with van der Waals surface area (Å²) in [6.45, 7) is 13.9. The highest BCUT2D eigenvalue weighted by Crippen LogP contribution is 2.36. The lowest BCUT2D eigenvalue weighted by molar-refractivity contribution is 0.392. The van der Waals surface area contributed by atoms with E-state index in [1.54, 1.807) is 0 Å². The van der Waals surface area contributed by atoms with Gasteiger partial charge in [0.15, 0.2) is 5.65 Å². The van der Waals surface area contributed by atoms with E-state index in [-0.39, 0.29) is 10.8 Å². The molecular formula is C28H31N3. The summed E-state index contributed by atoms with van der Waals surface area (Å²) in [5.41, 5.74) is 7.39. The average molecular weight is 410 g/mol. The van der Waals surface area contributed by atoms with Gasteiger partial charge in [0.1, 0.15) is 11.2 Å². The third-order valence-corrected chi connectivity index (χ3v) is 5.87. The van der Waals surface area contributed by atoms with E-state index < -0.39 is 0 Å². The van der Waals surface area contributed by atoms with Crippen LogP contribution >= 0.6 is 0 Å². The molecule has 0 unspecified atom stereocenters.